The summed E-state index contributed by atoms with van der Waals surface area (Å²) in [5.74, 6) is 0.945. The van der Waals surface area contributed by atoms with Crippen LogP contribution in [0.3, 0.4) is 0 Å². The molecule has 2 aliphatic rings. The maximum atomic E-state index is 12.6. The molecule has 3 N–H and O–H groups in total. The third kappa shape index (κ3) is 4.95. The van der Waals surface area contributed by atoms with Crippen LogP contribution < -0.4 is 10.6 Å². The fraction of sp³-hybridized carbons (Fsp3) is 0.650. The molecule has 2 atom stereocenters. The number of urea groups is 1. The topological polar surface area (TPSA) is 70.6 Å². The van der Waals surface area contributed by atoms with Gasteiger partial charge in [-0.25, -0.2) is 4.79 Å². The Morgan fingerprint density at radius 2 is 1.92 bits per heavy atom. The van der Waals surface area contributed by atoms with E-state index in [9.17, 15) is 9.90 Å². The van der Waals surface area contributed by atoms with Crippen LogP contribution in [0.4, 0.5) is 4.79 Å². The van der Waals surface area contributed by atoms with Gasteiger partial charge in [0.1, 0.15) is 0 Å². The molecule has 1 saturated carbocycles. The van der Waals surface area contributed by atoms with Crippen molar-refractivity contribution >= 4 is 6.03 Å². The molecule has 1 aliphatic carbocycles. The molecule has 0 radical (unpaired) electrons. The molecular weight excluding hydrogens is 316 g/mol. The normalized spacial score (nSPS) is 22.0. The lowest BCUT2D eigenvalue weighted by atomic mass is 9.89. The number of amides is 2. The molecule has 0 bridgehead atoms. The van der Waals surface area contributed by atoms with Gasteiger partial charge < -0.3 is 20.5 Å². The lowest BCUT2D eigenvalue weighted by Gasteiger charge is -2.32. The van der Waals surface area contributed by atoms with E-state index in [1.54, 1.807) is 0 Å². The molecule has 1 aromatic rings. The quantitative estimate of drug-likeness (QED) is 0.711. The Kier molecular flexibility index (Phi) is 5.97. The molecule has 3 rings (SSSR count). The van der Waals surface area contributed by atoms with Crippen LogP contribution in [0.2, 0.25) is 0 Å². The van der Waals surface area contributed by atoms with Crippen LogP contribution in [0.1, 0.15) is 50.6 Å². The number of carbonyl (C=O) groups is 1. The first-order valence-electron chi connectivity index (χ1n) is 9.43. The van der Waals surface area contributed by atoms with Crippen molar-refractivity contribution in [3.05, 3.63) is 35.9 Å². The lowest BCUT2D eigenvalue weighted by molar-refractivity contribution is 0.0607. The fourth-order valence-corrected chi connectivity index (χ4v) is 3.72. The van der Waals surface area contributed by atoms with Crippen LogP contribution in [0, 0.1) is 11.8 Å². The van der Waals surface area contributed by atoms with E-state index >= 15 is 0 Å². The Hall–Kier alpha value is -1.59. The summed E-state index contributed by atoms with van der Waals surface area (Å²) in [5.41, 5.74) is 0.602. The van der Waals surface area contributed by atoms with Gasteiger partial charge in [-0.15, -0.1) is 0 Å². The molecule has 2 fully saturated rings. The van der Waals surface area contributed by atoms with E-state index in [2.05, 4.69) is 22.8 Å². The molecule has 2 unspecified atom stereocenters. The van der Waals surface area contributed by atoms with Crippen molar-refractivity contribution in [2.75, 3.05) is 19.8 Å². The average molecular weight is 346 g/mol. The van der Waals surface area contributed by atoms with Crippen molar-refractivity contribution in [3.63, 3.8) is 0 Å². The van der Waals surface area contributed by atoms with Gasteiger partial charge in [0.05, 0.1) is 18.2 Å². The smallest absolute Gasteiger partial charge is 0.315 e. The van der Waals surface area contributed by atoms with Crippen LogP contribution in [-0.4, -0.2) is 36.5 Å². The van der Waals surface area contributed by atoms with Crippen LogP contribution in [-0.2, 0) is 4.74 Å². The van der Waals surface area contributed by atoms with Crippen molar-refractivity contribution in [3.8, 4) is 0 Å². The maximum Gasteiger partial charge on any atom is 0.315 e. The number of carbonyl (C=O) groups excluding carboxylic acids is 1. The van der Waals surface area contributed by atoms with Crippen molar-refractivity contribution in [1.29, 1.82) is 0 Å². The lowest BCUT2D eigenvalue weighted by Crippen LogP contribution is -2.54. The second-order valence-electron chi connectivity index (χ2n) is 7.70. The summed E-state index contributed by atoms with van der Waals surface area (Å²) < 4.78 is 5.45. The Bertz CT molecular complexity index is 555. The summed E-state index contributed by atoms with van der Waals surface area (Å²) in [5, 5.41) is 15.9. The highest BCUT2D eigenvalue weighted by Gasteiger charge is 2.42. The van der Waals surface area contributed by atoms with Crippen molar-refractivity contribution in [1.82, 2.24) is 10.6 Å². The fourth-order valence-electron chi connectivity index (χ4n) is 3.72. The predicted octanol–water partition coefficient (Wildman–Crippen LogP) is 3.00. The zero-order valence-corrected chi connectivity index (χ0v) is 15.0. The Labute approximate surface area is 150 Å². The SMILES string of the molecule is CC(CO)(NC(=O)NC(CC1CCOCC1)c1ccccc1)C1CC1. The number of benzene rings is 1. The van der Waals surface area contributed by atoms with E-state index in [1.807, 2.05) is 25.1 Å². The first-order valence-corrected chi connectivity index (χ1v) is 9.43. The Morgan fingerprint density at radius 1 is 1.24 bits per heavy atom. The second-order valence-corrected chi connectivity index (χ2v) is 7.70. The molecule has 1 aromatic carbocycles. The number of nitrogens with one attached hydrogen (secondary N) is 2. The largest absolute Gasteiger partial charge is 0.394 e. The Balaban J connectivity index is 1.65. The molecule has 0 spiro atoms. The third-order valence-corrected chi connectivity index (χ3v) is 5.62. The highest BCUT2D eigenvalue weighted by molar-refractivity contribution is 5.75. The zero-order chi connectivity index (χ0) is 17.7. The van der Waals surface area contributed by atoms with Gasteiger partial charge in [-0.1, -0.05) is 30.3 Å². The van der Waals surface area contributed by atoms with Gasteiger partial charge in [-0.3, -0.25) is 0 Å². The summed E-state index contributed by atoms with van der Waals surface area (Å²) in [7, 11) is 0. The van der Waals surface area contributed by atoms with E-state index in [-0.39, 0.29) is 18.7 Å². The molecular formula is C20H30N2O3. The molecule has 25 heavy (non-hydrogen) atoms. The molecule has 5 nitrogen and oxygen atoms in total. The van der Waals surface area contributed by atoms with Gasteiger partial charge in [0.2, 0.25) is 0 Å². The molecule has 1 aliphatic heterocycles. The summed E-state index contributed by atoms with van der Waals surface area (Å²) in [6, 6.07) is 9.93. The molecule has 0 aromatic heterocycles. The summed E-state index contributed by atoms with van der Waals surface area (Å²) in [6.45, 7) is 3.52. The Morgan fingerprint density at radius 3 is 2.52 bits per heavy atom. The number of ether oxygens (including phenoxy) is 1. The first-order chi connectivity index (χ1) is 12.1. The van der Waals surface area contributed by atoms with Crippen LogP contribution in [0.15, 0.2) is 30.3 Å². The van der Waals surface area contributed by atoms with E-state index in [0.717, 1.165) is 50.9 Å². The van der Waals surface area contributed by atoms with Crippen LogP contribution >= 0.6 is 0 Å². The van der Waals surface area contributed by atoms with E-state index < -0.39 is 5.54 Å². The standard InChI is InChI=1S/C20H30N2O3/c1-20(14-23,17-7-8-17)22-19(24)21-18(16-5-3-2-4-6-16)13-15-9-11-25-12-10-15/h2-6,15,17-18,23H,7-14H2,1H3,(H2,21,22,24). The number of aliphatic hydroxyl groups excluding tert-OH is 1. The van der Waals surface area contributed by atoms with Gasteiger partial charge in [0.15, 0.2) is 0 Å². The number of hydrogen-bond donors (Lipinski definition) is 3. The van der Waals surface area contributed by atoms with Gasteiger partial charge in [-0.05, 0) is 56.4 Å². The molecule has 1 saturated heterocycles. The first kappa shape index (κ1) is 18.2. The third-order valence-electron chi connectivity index (χ3n) is 5.62. The van der Waals surface area contributed by atoms with Gasteiger partial charge in [0.25, 0.3) is 0 Å². The van der Waals surface area contributed by atoms with Crippen molar-refractivity contribution in [2.24, 2.45) is 11.8 Å². The van der Waals surface area contributed by atoms with Crippen LogP contribution in [0.5, 0.6) is 0 Å². The molecule has 1 heterocycles. The highest BCUT2D eigenvalue weighted by Crippen LogP contribution is 2.39. The van der Waals surface area contributed by atoms with Gasteiger partial charge in [-0.2, -0.15) is 0 Å². The predicted molar refractivity (Wildman–Crippen MR) is 97.2 cm³/mol. The second kappa shape index (κ2) is 8.19. The van der Waals surface area contributed by atoms with E-state index in [1.165, 1.54) is 0 Å². The molecule has 138 valence electrons. The minimum atomic E-state index is -0.524. The number of rotatable bonds is 7. The monoisotopic (exact) mass is 346 g/mol. The summed E-state index contributed by atoms with van der Waals surface area (Å²) >= 11 is 0. The minimum Gasteiger partial charge on any atom is -0.394 e. The van der Waals surface area contributed by atoms with Crippen molar-refractivity contribution in [2.45, 2.75) is 50.6 Å². The maximum absolute atomic E-state index is 12.6. The summed E-state index contributed by atoms with van der Waals surface area (Å²) in [6.07, 6.45) is 5.15. The van der Waals surface area contributed by atoms with Crippen LogP contribution in [0.25, 0.3) is 0 Å². The minimum absolute atomic E-state index is 0.0218. The number of hydrogen-bond acceptors (Lipinski definition) is 3. The molecule has 2 amide bonds. The van der Waals surface area contributed by atoms with Gasteiger partial charge in [0, 0.05) is 13.2 Å². The average Bonchev–Trinajstić information content (AvgIpc) is 3.48. The highest BCUT2D eigenvalue weighted by atomic mass is 16.5. The summed E-state index contributed by atoms with van der Waals surface area (Å²) in [4.78, 5) is 12.6. The van der Waals surface area contributed by atoms with E-state index in [4.69, 9.17) is 4.74 Å². The zero-order valence-electron chi connectivity index (χ0n) is 15.0. The number of aliphatic hydroxyl groups is 1. The molecule has 5 heteroatoms. The van der Waals surface area contributed by atoms with Gasteiger partial charge >= 0.3 is 6.03 Å². The van der Waals surface area contributed by atoms with E-state index in [0.29, 0.717) is 11.8 Å². The van der Waals surface area contributed by atoms with Crippen molar-refractivity contribution < 1.29 is 14.6 Å².